The minimum absolute atomic E-state index is 0.267. The summed E-state index contributed by atoms with van der Waals surface area (Å²) in [4.78, 5) is 39.4. The van der Waals surface area contributed by atoms with Crippen LogP contribution in [0.25, 0.3) is 0 Å². The first-order valence-corrected chi connectivity index (χ1v) is 10.4. The number of nitrogens with one attached hydrogen (secondary N) is 1. The summed E-state index contributed by atoms with van der Waals surface area (Å²) in [6.45, 7) is 2.47. The number of hydrogen-bond donors (Lipinski definition) is 1. The molecule has 1 N–H and O–H groups in total. The molecule has 0 saturated heterocycles. The Morgan fingerprint density at radius 3 is 2.53 bits per heavy atom. The quantitative estimate of drug-likeness (QED) is 0.542. The van der Waals surface area contributed by atoms with Gasteiger partial charge in [0.05, 0.1) is 10.6 Å². The lowest BCUT2D eigenvalue weighted by Gasteiger charge is -2.35. The summed E-state index contributed by atoms with van der Waals surface area (Å²) in [6, 6.07) is 13.6. The summed E-state index contributed by atoms with van der Waals surface area (Å²) in [5, 5.41) is 3.03. The molecule has 0 fully saturated rings. The van der Waals surface area contributed by atoms with Gasteiger partial charge in [0.2, 0.25) is 0 Å². The van der Waals surface area contributed by atoms with Crippen LogP contribution in [0.2, 0.25) is 5.02 Å². The van der Waals surface area contributed by atoms with Gasteiger partial charge in [-0.25, -0.2) is 4.79 Å². The van der Waals surface area contributed by atoms with Crippen molar-refractivity contribution in [3.05, 3.63) is 70.2 Å². The van der Waals surface area contributed by atoms with Crippen molar-refractivity contribution in [2.24, 2.45) is 0 Å². The Morgan fingerprint density at radius 2 is 1.80 bits per heavy atom. The van der Waals surface area contributed by atoms with E-state index in [0.717, 1.165) is 24.0 Å². The molecule has 6 nitrogen and oxygen atoms in total. The first kappa shape index (κ1) is 21.8. The Hall–Kier alpha value is -2.86. The number of amides is 2. The fourth-order valence-corrected chi connectivity index (χ4v) is 3.64. The molecular weight excluding hydrogens is 404 g/mol. The van der Waals surface area contributed by atoms with Crippen molar-refractivity contribution in [1.29, 1.82) is 0 Å². The number of esters is 1. The summed E-state index contributed by atoms with van der Waals surface area (Å²) in [5.74, 6) is -1.29. The fraction of sp³-hybridized carbons (Fsp3) is 0.348. The van der Waals surface area contributed by atoms with Crippen molar-refractivity contribution in [3.8, 4) is 0 Å². The van der Waals surface area contributed by atoms with Crippen LogP contribution in [0.5, 0.6) is 0 Å². The Balaban J connectivity index is 1.77. The molecule has 1 heterocycles. The Morgan fingerprint density at radius 1 is 1.10 bits per heavy atom. The molecule has 158 valence electrons. The number of benzene rings is 2. The van der Waals surface area contributed by atoms with Crippen molar-refractivity contribution in [2.75, 3.05) is 13.2 Å². The predicted octanol–water partition coefficient (Wildman–Crippen LogP) is 3.37. The van der Waals surface area contributed by atoms with Gasteiger partial charge in [0.25, 0.3) is 11.8 Å². The zero-order valence-corrected chi connectivity index (χ0v) is 17.7. The molecule has 1 unspecified atom stereocenters. The van der Waals surface area contributed by atoms with E-state index in [2.05, 4.69) is 5.32 Å². The Labute approximate surface area is 181 Å². The number of hydrogen-bond acceptors (Lipinski definition) is 4. The van der Waals surface area contributed by atoms with Gasteiger partial charge in [-0.3, -0.25) is 9.59 Å². The number of nitrogens with zero attached hydrogens (tertiary/aromatic N) is 1. The van der Waals surface area contributed by atoms with Crippen LogP contribution < -0.4 is 5.32 Å². The highest BCUT2D eigenvalue weighted by Crippen LogP contribution is 2.27. The van der Waals surface area contributed by atoms with Gasteiger partial charge < -0.3 is 15.0 Å². The second kappa shape index (κ2) is 10.3. The van der Waals surface area contributed by atoms with E-state index in [1.807, 2.05) is 31.2 Å². The van der Waals surface area contributed by atoms with Gasteiger partial charge in [-0.15, -0.1) is 0 Å². The molecule has 3 rings (SSSR count). The Bertz CT molecular complexity index is 931. The van der Waals surface area contributed by atoms with Crippen molar-refractivity contribution in [2.45, 2.75) is 38.8 Å². The van der Waals surface area contributed by atoms with Gasteiger partial charge in [-0.1, -0.05) is 61.3 Å². The first-order chi connectivity index (χ1) is 14.5. The van der Waals surface area contributed by atoms with Crippen LogP contribution >= 0.6 is 11.6 Å². The highest BCUT2D eigenvalue weighted by atomic mass is 35.5. The molecule has 2 aromatic carbocycles. The number of carbonyl (C=O) groups excluding carboxylic acids is 3. The third-order valence-electron chi connectivity index (χ3n) is 5.08. The molecule has 0 saturated carbocycles. The van der Waals surface area contributed by atoms with E-state index < -0.39 is 12.0 Å². The Kier molecular flexibility index (Phi) is 7.46. The minimum Gasteiger partial charge on any atom is -0.454 e. The standard InChI is InChI=1S/C23H25ClN2O4/c1-2-3-12-25-21(27)15-30-23(29)20-13-16-8-4-5-9-17(16)14-26(20)22(28)18-10-6-7-11-19(18)24/h4-11,20H,2-3,12-15H2,1H3,(H,25,27). The van der Waals surface area contributed by atoms with Gasteiger partial charge in [-0.2, -0.15) is 0 Å². The average Bonchev–Trinajstić information content (AvgIpc) is 2.76. The average molecular weight is 429 g/mol. The molecule has 30 heavy (non-hydrogen) atoms. The molecule has 1 aliphatic rings. The topological polar surface area (TPSA) is 75.7 Å². The second-order valence-corrected chi connectivity index (χ2v) is 7.62. The van der Waals surface area contributed by atoms with E-state index in [1.165, 1.54) is 4.90 Å². The maximum atomic E-state index is 13.2. The molecule has 0 bridgehead atoms. The summed E-state index contributed by atoms with van der Waals surface area (Å²) in [5.41, 5.74) is 2.28. The van der Waals surface area contributed by atoms with Crippen molar-refractivity contribution in [3.63, 3.8) is 0 Å². The second-order valence-electron chi connectivity index (χ2n) is 7.21. The maximum absolute atomic E-state index is 13.2. The van der Waals surface area contributed by atoms with Gasteiger partial charge >= 0.3 is 5.97 Å². The lowest BCUT2D eigenvalue weighted by Crippen LogP contribution is -2.50. The third kappa shape index (κ3) is 5.19. The van der Waals surface area contributed by atoms with Crippen LogP contribution in [0.1, 0.15) is 41.3 Å². The first-order valence-electron chi connectivity index (χ1n) is 10.1. The highest BCUT2D eigenvalue weighted by Gasteiger charge is 2.36. The van der Waals surface area contributed by atoms with Gasteiger partial charge in [-0.05, 0) is 29.7 Å². The summed E-state index contributed by atoms with van der Waals surface area (Å²) < 4.78 is 5.26. The molecule has 2 aromatic rings. The highest BCUT2D eigenvalue weighted by molar-refractivity contribution is 6.33. The molecule has 0 aromatic heterocycles. The fourth-order valence-electron chi connectivity index (χ4n) is 3.42. The van der Waals surface area contributed by atoms with Crippen molar-refractivity contribution >= 4 is 29.4 Å². The molecule has 0 aliphatic carbocycles. The molecule has 0 spiro atoms. The molecule has 1 atom stereocenters. The number of fused-ring (bicyclic) bond motifs is 1. The number of halogens is 1. The zero-order valence-electron chi connectivity index (χ0n) is 16.9. The van der Waals surface area contributed by atoms with Gasteiger partial charge in [0, 0.05) is 19.5 Å². The van der Waals surface area contributed by atoms with E-state index >= 15 is 0 Å². The van der Waals surface area contributed by atoms with Crippen molar-refractivity contribution in [1.82, 2.24) is 10.2 Å². The van der Waals surface area contributed by atoms with Crippen LogP contribution in [-0.4, -0.2) is 41.9 Å². The smallest absolute Gasteiger partial charge is 0.329 e. The van der Waals surface area contributed by atoms with Crippen LogP contribution in [0.3, 0.4) is 0 Å². The van der Waals surface area contributed by atoms with Crippen LogP contribution in [0.15, 0.2) is 48.5 Å². The lowest BCUT2D eigenvalue weighted by molar-refractivity contribution is -0.153. The van der Waals surface area contributed by atoms with E-state index in [9.17, 15) is 14.4 Å². The van der Waals surface area contributed by atoms with Gasteiger partial charge in [0.1, 0.15) is 6.04 Å². The number of unbranched alkanes of at least 4 members (excludes halogenated alkanes) is 1. The van der Waals surface area contributed by atoms with Crippen molar-refractivity contribution < 1.29 is 19.1 Å². The normalized spacial score (nSPS) is 15.3. The van der Waals surface area contributed by atoms with E-state index in [-0.39, 0.29) is 25.0 Å². The molecule has 1 aliphatic heterocycles. The van der Waals surface area contributed by atoms with Crippen LogP contribution in [-0.2, 0) is 27.3 Å². The molecular formula is C23H25ClN2O4. The predicted molar refractivity (Wildman–Crippen MR) is 114 cm³/mol. The number of rotatable bonds is 7. The lowest BCUT2D eigenvalue weighted by atomic mass is 9.93. The zero-order chi connectivity index (χ0) is 21.5. The third-order valence-corrected chi connectivity index (χ3v) is 5.41. The van der Waals surface area contributed by atoms with E-state index in [4.69, 9.17) is 16.3 Å². The molecule has 7 heteroatoms. The number of ether oxygens (including phenoxy) is 1. The summed E-state index contributed by atoms with van der Waals surface area (Å²) >= 11 is 6.21. The summed E-state index contributed by atoms with van der Waals surface area (Å²) in [7, 11) is 0. The maximum Gasteiger partial charge on any atom is 0.329 e. The summed E-state index contributed by atoms with van der Waals surface area (Å²) in [6.07, 6.45) is 2.14. The van der Waals surface area contributed by atoms with E-state index in [0.29, 0.717) is 23.6 Å². The SMILES string of the molecule is CCCCNC(=O)COC(=O)C1Cc2ccccc2CN1C(=O)c1ccccc1Cl. The van der Waals surface area contributed by atoms with E-state index in [1.54, 1.807) is 24.3 Å². The largest absolute Gasteiger partial charge is 0.454 e. The monoisotopic (exact) mass is 428 g/mol. The van der Waals surface area contributed by atoms with Crippen LogP contribution in [0, 0.1) is 0 Å². The minimum atomic E-state index is -0.827. The number of carbonyl (C=O) groups is 3. The van der Waals surface area contributed by atoms with Crippen LogP contribution in [0.4, 0.5) is 0 Å². The van der Waals surface area contributed by atoms with Gasteiger partial charge in [0.15, 0.2) is 6.61 Å². The molecule has 0 radical (unpaired) electrons. The molecule has 2 amide bonds.